The Morgan fingerprint density at radius 3 is 2.75 bits per heavy atom. The lowest BCUT2D eigenvalue weighted by Crippen LogP contribution is -2.36. The summed E-state index contributed by atoms with van der Waals surface area (Å²) in [6.07, 6.45) is 0.444. The number of hydrogen-bond donors (Lipinski definition) is 1. The zero-order valence-electron chi connectivity index (χ0n) is 15.8. The molecule has 2 aromatic rings. The van der Waals surface area contributed by atoms with Crippen molar-refractivity contribution in [2.24, 2.45) is 5.92 Å². The van der Waals surface area contributed by atoms with Crippen molar-refractivity contribution in [3.05, 3.63) is 30.1 Å². The van der Waals surface area contributed by atoms with Gasteiger partial charge in [-0.1, -0.05) is 37.7 Å². The van der Waals surface area contributed by atoms with E-state index in [1.54, 1.807) is 18.2 Å². The number of thioether (sulfide) groups is 1. The van der Waals surface area contributed by atoms with Crippen LogP contribution in [0.2, 0.25) is 0 Å². The third-order valence-corrected chi connectivity index (χ3v) is 7.04. The monoisotopic (exact) mass is 426 g/mol. The number of sulfone groups is 1. The molecular weight excluding hydrogens is 403 g/mol. The molecule has 0 unspecified atom stereocenters. The molecule has 1 atom stereocenters. The predicted octanol–water partition coefficient (Wildman–Crippen LogP) is 2.14. The van der Waals surface area contributed by atoms with Crippen molar-refractivity contribution in [2.75, 3.05) is 17.3 Å². The zero-order valence-corrected chi connectivity index (χ0v) is 17.4. The van der Waals surface area contributed by atoms with Gasteiger partial charge in [-0.2, -0.15) is 0 Å². The van der Waals surface area contributed by atoms with Crippen LogP contribution < -0.4 is 5.32 Å². The summed E-state index contributed by atoms with van der Waals surface area (Å²) in [6, 6.07) is 6.05. The fourth-order valence-corrected chi connectivity index (χ4v) is 5.51. The molecule has 1 saturated heterocycles. The first-order chi connectivity index (χ1) is 13.2. The molecule has 1 aliphatic rings. The molecule has 2 heterocycles. The molecule has 3 rings (SSSR count). The van der Waals surface area contributed by atoms with Crippen LogP contribution in [-0.4, -0.2) is 52.4 Å². The van der Waals surface area contributed by atoms with E-state index >= 15 is 0 Å². The highest BCUT2D eigenvalue weighted by molar-refractivity contribution is 7.99. The van der Waals surface area contributed by atoms with Crippen LogP contribution >= 0.6 is 11.8 Å². The summed E-state index contributed by atoms with van der Waals surface area (Å²) in [5, 5.41) is 11.6. The van der Waals surface area contributed by atoms with E-state index in [9.17, 15) is 17.6 Å². The van der Waals surface area contributed by atoms with Crippen LogP contribution in [0.4, 0.5) is 4.39 Å². The molecule has 28 heavy (non-hydrogen) atoms. The second kappa shape index (κ2) is 8.60. The summed E-state index contributed by atoms with van der Waals surface area (Å²) < 4.78 is 39.0. The van der Waals surface area contributed by atoms with Gasteiger partial charge in [-0.15, -0.1) is 10.2 Å². The number of carbonyl (C=O) groups is 1. The van der Waals surface area contributed by atoms with E-state index < -0.39 is 9.84 Å². The van der Waals surface area contributed by atoms with Crippen molar-refractivity contribution >= 4 is 27.5 Å². The van der Waals surface area contributed by atoms with E-state index in [1.807, 2.05) is 18.4 Å². The minimum Gasteiger partial charge on any atom is -0.352 e. The van der Waals surface area contributed by atoms with E-state index in [0.717, 1.165) is 0 Å². The highest BCUT2D eigenvalue weighted by atomic mass is 32.2. The smallest absolute Gasteiger partial charge is 0.230 e. The van der Waals surface area contributed by atoms with Crippen LogP contribution in [0, 0.1) is 11.7 Å². The largest absolute Gasteiger partial charge is 0.352 e. The van der Waals surface area contributed by atoms with E-state index in [0.29, 0.717) is 29.5 Å². The molecule has 7 nitrogen and oxygen atoms in total. The summed E-state index contributed by atoms with van der Waals surface area (Å²) in [5.41, 5.74) is 0.364. The normalized spacial score (nSPS) is 18.5. The van der Waals surface area contributed by atoms with Crippen molar-refractivity contribution in [3.8, 4) is 11.4 Å². The van der Waals surface area contributed by atoms with Crippen LogP contribution in [-0.2, 0) is 21.2 Å². The van der Waals surface area contributed by atoms with Gasteiger partial charge in [0.25, 0.3) is 0 Å². The lowest BCUT2D eigenvalue weighted by atomic mass is 10.2. The van der Waals surface area contributed by atoms with Crippen molar-refractivity contribution in [1.29, 1.82) is 0 Å². The van der Waals surface area contributed by atoms with Gasteiger partial charge in [-0.25, -0.2) is 12.8 Å². The summed E-state index contributed by atoms with van der Waals surface area (Å²) in [6.45, 7) is 4.65. The Kier molecular flexibility index (Phi) is 6.39. The standard InChI is InChI=1S/C18H23FN4O3S2/c1-12(2)9-23-17(14-5-3-4-6-15(14)19)21-22-18(23)27-10-16(24)20-13-7-8-28(25,26)11-13/h3-6,12-13H,7-11H2,1-2H3,(H,20,24)/t13-/m0/s1. The molecule has 1 N–H and O–H groups in total. The maximum Gasteiger partial charge on any atom is 0.230 e. The van der Waals surface area contributed by atoms with Gasteiger partial charge in [-0.05, 0) is 24.5 Å². The van der Waals surface area contributed by atoms with Gasteiger partial charge in [0.1, 0.15) is 5.82 Å². The molecule has 0 saturated carbocycles. The minimum atomic E-state index is -3.04. The van der Waals surface area contributed by atoms with Crippen molar-refractivity contribution in [2.45, 2.75) is 38.0 Å². The molecule has 152 valence electrons. The number of hydrogen-bond acceptors (Lipinski definition) is 6. The first kappa shape index (κ1) is 20.8. The fourth-order valence-electron chi connectivity index (χ4n) is 3.08. The molecule has 1 amide bonds. The number of halogens is 1. The molecule has 0 spiro atoms. The first-order valence-corrected chi connectivity index (χ1v) is 11.9. The molecule has 0 radical (unpaired) electrons. The summed E-state index contributed by atoms with van der Waals surface area (Å²) in [7, 11) is -3.04. The molecule has 0 bridgehead atoms. The van der Waals surface area contributed by atoms with Crippen molar-refractivity contribution in [3.63, 3.8) is 0 Å². The first-order valence-electron chi connectivity index (χ1n) is 9.06. The predicted molar refractivity (Wildman–Crippen MR) is 106 cm³/mol. The van der Waals surface area contributed by atoms with Crippen LogP contribution in [0.15, 0.2) is 29.4 Å². The number of carbonyl (C=O) groups excluding carboxylic acids is 1. The number of nitrogens with one attached hydrogen (secondary N) is 1. The average Bonchev–Trinajstić information content (AvgIpc) is 3.16. The molecule has 10 heteroatoms. The zero-order chi connectivity index (χ0) is 20.3. The van der Waals surface area contributed by atoms with E-state index in [2.05, 4.69) is 15.5 Å². The van der Waals surface area contributed by atoms with Crippen LogP contribution in [0.1, 0.15) is 20.3 Å². The minimum absolute atomic E-state index is 0.00955. The summed E-state index contributed by atoms with van der Waals surface area (Å²) >= 11 is 1.21. The third-order valence-electron chi connectivity index (χ3n) is 4.31. The van der Waals surface area contributed by atoms with Gasteiger partial charge in [0, 0.05) is 12.6 Å². The Bertz CT molecular complexity index is 959. The van der Waals surface area contributed by atoms with Gasteiger partial charge < -0.3 is 9.88 Å². The molecule has 0 aliphatic carbocycles. The lowest BCUT2D eigenvalue weighted by molar-refractivity contribution is -0.119. The Morgan fingerprint density at radius 2 is 2.11 bits per heavy atom. The van der Waals surface area contributed by atoms with Crippen molar-refractivity contribution < 1.29 is 17.6 Å². The lowest BCUT2D eigenvalue weighted by Gasteiger charge is -2.13. The number of rotatable bonds is 7. The Hall–Kier alpha value is -1.94. The molecule has 1 aromatic carbocycles. The van der Waals surface area contributed by atoms with Gasteiger partial charge >= 0.3 is 0 Å². The SMILES string of the molecule is CC(C)Cn1c(SCC(=O)N[C@H]2CCS(=O)(=O)C2)nnc1-c1ccccc1F. The van der Waals surface area contributed by atoms with Crippen molar-refractivity contribution in [1.82, 2.24) is 20.1 Å². The maximum absolute atomic E-state index is 14.2. The van der Waals surface area contributed by atoms with Gasteiger partial charge in [-0.3, -0.25) is 4.79 Å². The molecule has 1 aromatic heterocycles. The highest BCUT2D eigenvalue weighted by Crippen LogP contribution is 2.27. The van der Waals surface area contributed by atoms with Gasteiger partial charge in [0.15, 0.2) is 20.8 Å². The van der Waals surface area contributed by atoms with E-state index in [4.69, 9.17) is 0 Å². The maximum atomic E-state index is 14.2. The Balaban J connectivity index is 1.71. The van der Waals surface area contributed by atoms with Gasteiger partial charge in [0.05, 0.1) is 22.8 Å². The highest BCUT2D eigenvalue weighted by Gasteiger charge is 2.29. The third kappa shape index (κ3) is 5.11. The summed E-state index contributed by atoms with van der Waals surface area (Å²) in [4.78, 5) is 12.2. The topological polar surface area (TPSA) is 94.0 Å². The number of nitrogens with zero attached hydrogens (tertiary/aromatic N) is 3. The fraction of sp³-hybridized carbons (Fsp3) is 0.500. The Morgan fingerprint density at radius 1 is 1.36 bits per heavy atom. The number of amides is 1. The van der Waals surface area contributed by atoms with Crippen LogP contribution in [0.5, 0.6) is 0 Å². The second-order valence-electron chi connectivity index (χ2n) is 7.25. The Labute approximate surface area is 168 Å². The molecule has 1 fully saturated rings. The molecule has 1 aliphatic heterocycles. The number of benzene rings is 1. The van der Waals surface area contributed by atoms with E-state index in [1.165, 1.54) is 17.8 Å². The van der Waals surface area contributed by atoms with Gasteiger partial charge in [0.2, 0.25) is 5.91 Å². The quantitative estimate of drug-likeness (QED) is 0.682. The second-order valence-corrected chi connectivity index (χ2v) is 10.4. The average molecular weight is 427 g/mol. The van der Waals surface area contributed by atoms with E-state index in [-0.39, 0.29) is 40.9 Å². The summed E-state index contributed by atoms with van der Waals surface area (Å²) in [5.74, 6) is 0.263. The molecular formula is C18H23FN4O3S2. The van der Waals surface area contributed by atoms with Crippen LogP contribution in [0.3, 0.4) is 0 Å². The van der Waals surface area contributed by atoms with Crippen LogP contribution in [0.25, 0.3) is 11.4 Å². The number of aromatic nitrogens is 3.